The summed E-state index contributed by atoms with van der Waals surface area (Å²) in [5, 5.41) is 9.00. The van der Waals surface area contributed by atoms with Crippen molar-refractivity contribution < 1.29 is 18.8 Å². The van der Waals surface area contributed by atoms with Gasteiger partial charge in [-0.3, -0.25) is 10.1 Å². The summed E-state index contributed by atoms with van der Waals surface area (Å²) >= 11 is 0. The Morgan fingerprint density at radius 1 is 1.21 bits per heavy atom. The van der Waals surface area contributed by atoms with E-state index in [0.29, 0.717) is 29.1 Å². The lowest BCUT2D eigenvalue weighted by atomic mass is 9.67. The van der Waals surface area contributed by atoms with Crippen molar-refractivity contribution in [3.63, 3.8) is 0 Å². The highest BCUT2D eigenvalue weighted by Crippen LogP contribution is 2.49. The summed E-state index contributed by atoms with van der Waals surface area (Å²) < 4.78 is 11.4. The summed E-state index contributed by atoms with van der Waals surface area (Å²) in [6, 6.07) is 6.73. The van der Waals surface area contributed by atoms with Crippen LogP contribution in [0.2, 0.25) is 0 Å². The predicted octanol–water partition coefficient (Wildman–Crippen LogP) is 2.29. The zero-order valence-corrected chi connectivity index (χ0v) is 15.7. The topological polar surface area (TPSA) is 106 Å². The van der Waals surface area contributed by atoms with Gasteiger partial charge in [0, 0.05) is 5.56 Å². The van der Waals surface area contributed by atoms with E-state index < -0.39 is 11.6 Å². The molecule has 2 atom stereocenters. The maximum Gasteiger partial charge on any atom is 0.322 e. The minimum Gasteiger partial charge on any atom is -0.377 e. The van der Waals surface area contributed by atoms with E-state index in [2.05, 4.69) is 20.8 Å². The number of aromatic nitrogens is 2. The van der Waals surface area contributed by atoms with Crippen molar-refractivity contribution in [2.45, 2.75) is 50.7 Å². The molecule has 28 heavy (non-hydrogen) atoms. The Labute approximate surface area is 162 Å². The van der Waals surface area contributed by atoms with E-state index in [-0.39, 0.29) is 12.0 Å². The van der Waals surface area contributed by atoms with Gasteiger partial charge in [0.1, 0.15) is 5.54 Å². The predicted molar refractivity (Wildman–Crippen MR) is 98.1 cm³/mol. The lowest BCUT2D eigenvalue weighted by Gasteiger charge is -2.36. The molecular weight excluding hydrogens is 360 g/mol. The van der Waals surface area contributed by atoms with Crippen molar-refractivity contribution in [3.05, 3.63) is 35.7 Å². The summed E-state index contributed by atoms with van der Waals surface area (Å²) in [7, 11) is 0. The van der Waals surface area contributed by atoms with Gasteiger partial charge in [-0.1, -0.05) is 35.8 Å². The summed E-state index contributed by atoms with van der Waals surface area (Å²) in [5.74, 6) is 0.714. The standard InChI is InChI=1S/C20H22N4O4/c1-19(17(25)22-18(26)23-19)13-5-3-12(4-6-13)16-21-15(28-24-16)9-14-10-20(11-27-14)7-2-8-20/h3-6,14H,2,7-11H2,1H3,(H2,22,23,25,26). The third-order valence-electron chi connectivity index (χ3n) is 6.34. The molecular formula is C20H22N4O4. The van der Waals surface area contributed by atoms with Gasteiger partial charge >= 0.3 is 6.03 Å². The number of hydrogen-bond donors (Lipinski definition) is 2. The van der Waals surface area contributed by atoms with Gasteiger partial charge < -0.3 is 14.6 Å². The van der Waals surface area contributed by atoms with Gasteiger partial charge in [-0.15, -0.1) is 0 Å². The van der Waals surface area contributed by atoms with Crippen molar-refractivity contribution in [2.24, 2.45) is 5.41 Å². The molecule has 2 N–H and O–H groups in total. The summed E-state index contributed by atoms with van der Waals surface area (Å²) in [4.78, 5) is 28.0. The molecule has 3 aliphatic rings. The van der Waals surface area contributed by atoms with Crippen molar-refractivity contribution in [2.75, 3.05) is 6.61 Å². The zero-order valence-electron chi connectivity index (χ0n) is 15.7. The molecule has 146 valence electrons. The Balaban J connectivity index is 1.28. The second-order valence-corrected chi connectivity index (χ2v) is 8.32. The molecule has 1 aromatic heterocycles. The van der Waals surface area contributed by atoms with E-state index in [1.807, 2.05) is 12.1 Å². The van der Waals surface area contributed by atoms with Gasteiger partial charge in [-0.05, 0) is 37.2 Å². The molecule has 5 rings (SSSR count). The average Bonchev–Trinajstić information content (AvgIpc) is 3.34. The quantitative estimate of drug-likeness (QED) is 0.786. The molecule has 2 unspecified atom stereocenters. The lowest BCUT2D eigenvalue weighted by Crippen LogP contribution is -2.40. The Kier molecular flexibility index (Phi) is 3.80. The molecule has 2 aliphatic heterocycles. The molecule has 1 spiro atoms. The maximum atomic E-state index is 12.1. The van der Waals surface area contributed by atoms with Crippen molar-refractivity contribution in [1.82, 2.24) is 20.8 Å². The van der Waals surface area contributed by atoms with Gasteiger partial charge in [-0.25, -0.2) is 4.79 Å². The molecule has 3 fully saturated rings. The SMILES string of the molecule is CC1(c2ccc(-c3noc(CC4CC5(CCC5)CO4)n3)cc2)NC(=O)NC1=O. The largest absolute Gasteiger partial charge is 0.377 e. The van der Waals surface area contributed by atoms with Gasteiger partial charge in [-0.2, -0.15) is 4.98 Å². The molecule has 3 amide bonds. The number of ether oxygens (including phenoxy) is 1. The van der Waals surface area contributed by atoms with E-state index in [0.717, 1.165) is 18.6 Å². The number of nitrogens with one attached hydrogen (secondary N) is 2. The second-order valence-electron chi connectivity index (χ2n) is 8.32. The normalized spacial score (nSPS) is 28.2. The van der Waals surface area contributed by atoms with E-state index in [1.165, 1.54) is 19.3 Å². The van der Waals surface area contributed by atoms with E-state index >= 15 is 0 Å². The molecule has 0 radical (unpaired) electrons. The van der Waals surface area contributed by atoms with Crippen LogP contribution in [0.25, 0.3) is 11.4 Å². The van der Waals surface area contributed by atoms with Crippen LogP contribution in [0.3, 0.4) is 0 Å². The number of hydrogen-bond acceptors (Lipinski definition) is 6. The van der Waals surface area contributed by atoms with Crippen LogP contribution >= 0.6 is 0 Å². The molecule has 0 bridgehead atoms. The van der Waals surface area contributed by atoms with Crippen molar-refractivity contribution in [1.29, 1.82) is 0 Å². The zero-order chi connectivity index (χ0) is 19.4. The molecule has 8 nitrogen and oxygen atoms in total. The van der Waals surface area contributed by atoms with Crippen LogP contribution in [-0.2, 0) is 21.5 Å². The molecule has 2 saturated heterocycles. The average molecular weight is 382 g/mol. The Bertz CT molecular complexity index is 934. The smallest absolute Gasteiger partial charge is 0.322 e. The fourth-order valence-electron chi connectivity index (χ4n) is 4.40. The fourth-order valence-corrected chi connectivity index (χ4v) is 4.40. The van der Waals surface area contributed by atoms with Crippen LogP contribution in [0.1, 0.15) is 44.1 Å². The van der Waals surface area contributed by atoms with Crippen LogP contribution in [-0.4, -0.2) is 34.8 Å². The third kappa shape index (κ3) is 2.79. The number of amides is 3. The maximum absolute atomic E-state index is 12.1. The van der Waals surface area contributed by atoms with Gasteiger partial charge in [0.15, 0.2) is 0 Å². The van der Waals surface area contributed by atoms with Crippen LogP contribution in [0.15, 0.2) is 28.8 Å². The minimum atomic E-state index is -1.07. The number of imide groups is 1. The molecule has 1 saturated carbocycles. The second kappa shape index (κ2) is 6.13. The fraction of sp³-hybridized carbons (Fsp3) is 0.500. The van der Waals surface area contributed by atoms with Crippen LogP contribution in [0.5, 0.6) is 0 Å². The Hall–Kier alpha value is -2.74. The number of rotatable bonds is 4. The summed E-state index contributed by atoms with van der Waals surface area (Å²) in [5.41, 5.74) is 0.805. The van der Waals surface area contributed by atoms with Gasteiger partial charge in [0.2, 0.25) is 11.7 Å². The van der Waals surface area contributed by atoms with Crippen LogP contribution in [0, 0.1) is 5.41 Å². The minimum absolute atomic E-state index is 0.153. The third-order valence-corrected chi connectivity index (χ3v) is 6.34. The molecule has 2 aromatic rings. The highest BCUT2D eigenvalue weighted by Gasteiger charge is 2.45. The molecule has 1 aromatic carbocycles. The summed E-state index contributed by atoms with van der Waals surface area (Å²) in [6.45, 7) is 2.52. The van der Waals surface area contributed by atoms with Crippen LogP contribution in [0.4, 0.5) is 4.79 Å². The Morgan fingerprint density at radius 3 is 2.61 bits per heavy atom. The number of benzene rings is 1. The van der Waals surface area contributed by atoms with Gasteiger partial charge in [0.25, 0.3) is 5.91 Å². The lowest BCUT2D eigenvalue weighted by molar-refractivity contribution is -0.123. The highest BCUT2D eigenvalue weighted by atomic mass is 16.5. The van der Waals surface area contributed by atoms with E-state index in [4.69, 9.17) is 9.26 Å². The molecule has 8 heteroatoms. The van der Waals surface area contributed by atoms with E-state index in [1.54, 1.807) is 19.1 Å². The van der Waals surface area contributed by atoms with Gasteiger partial charge in [0.05, 0.1) is 19.1 Å². The summed E-state index contributed by atoms with van der Waals surface area (Å²) in [6.07, 6.45) is 5.70. The van der Waals surface area contributed by atoms with Crippen LogP contribution < -0.4 is 10.6 Å². The van der Waals surface area contributed by atoms with Crippen molar-refractivity contribution >= 4 is 11.9 Å². The first kappa shape index (κ1) is 17.4. The Morgan fingerprint density at radius 2 is 2.00 bits per heavy atom. The number of urea groups is 1. The first-order valence-electron chi connectivity index (χ1n) is 9.65. The number of carbonyl (C=O) groups excluding carboxylic acids is 2. The molecule has 3 heterocycles. The van der Waals surface area contributed by atoms with Crippen molar-refractivity contribution in [3.8, 4) is 11.4 Å². The molecule has 1 aliphatic carbocycles. The van der Waals surface area contributed by atoms with E-state index in [9.17, 15) is 9.59 Å². The first-order chi connectivity index (χ1) is 13.5. The number of carbonyl (C=O) groups is 2. The highest BCUT2D eigenvalue weighted by molar-refractivity contribution is 6.07. The monoisotopic (exact) mass is 382 g/mol. The first-order valence-corrected chi connectivity index (χ1v) is 9.65. The number of nitrogens with zero attached hydrogens (tertiary/aromatic N) is 2.